The van der Waals surface area contributed by atoms with Crippen molar-refractivity contribution in [2.24, 2.45) is 0 Å². The summed E-state index contributed by atoms with van der Waals surface area (Å²) in [5, 5.41) is 14.3. The molecule has 1 aromatic heterocycles. The van der Waals surface area contributed by atoms with Gasteiger partial charge >= 0.3 is 5.97 Å². The van der Waals surface area contributed by atoms with Gasteiger partial charge in [0.15, 0.2) is 0 Å². The van der Waals surface area contributed by atoms with Gasteiger partial charge in [-0.15, -0.1) is 11.3 Å². The fraction of sp³-hybridized carbons (Fsp3) is 0.583. The fourth-order valence-corrected chi connectivity index (χ4v) is 2.14. The van der Waals surface area contributed by atoms with Crippen LogP contribution in [0.3, 0.4) is 0 Å². The van der Waals surface area contributed by atoms with E-state index in [0.717, 1.165) is 5.01 Å². The molecule has 1 amide bonds. The molecule has 0 saturated carbocycles. The Balaban J connectivity index is 2.31. The predicted octanol–water partition coefficient (Wildman–Crippen LogP) is 1.84. The number of rotatable bonds is 7. The fourth-order valence-electron chi connectivity index (χ4n) is 1.52. The molecule has 1 heterocycles. The number of aliphatic carboxylic acids is 1. The standard InChI is InChI=1S/C12H18N2O3S/c1-12(2,6-5-11(16)17)14-9(15)3-4-10-13-7-8-18-10/h7-8H,3-6H2,1-2H3,(H,14,15)(H,16,17). The van der Waals surface area contributed by atoms with Gasteiger partial charge in [-0.2, -0.15) is 0 Å². The summed E-state index contributed by atoms with van der Waals surface area (Å²) in [7, 11) is 0. The smallest absolute Gasteiger partial charge is 0.303 e. The summed E-state index contributed by atoms with van der Waals surface area (Å²) < 4.78 is 0. The number of aromatic nitrogens is 1. The lowest BCUT2D eigenvalue weighted by Crippen LogP contribution is -2.43. The van der Waals surface area contributed by atoms with E-state index in [9.17, 15) is 9.59 Å². The largest absolute Gasteiger partial charge is 0.481 e. The molecule has 5 nitrogen and oxygen atoms in total. The average Bonchev–Trinajstić information content (AvgIpc) is 2.76. The molecule has 6 heteroatoms. The van der Waals surface area contributed by atoms with E-state index >= 15 is 0 Å². The maximum absolute atomic E-state index is 11.7. The minimum Gasteiger partial charge on any atom is -0.481 e. The number of nitrogens with zero attached hydrogens (tertiary/aromatic N) is 1. The summed E-state index contributed by atoms with van der Waals surface area (Å²) in [6.45, 7) is 3.66. The van der Waals surface area contributed by atoms with E-state index in [0.29, 0.717) is 19.3 Å². The van der Waals surface area contributed by atoms with E-state index in [1.54, 1.807) is 6.20 Å². The van der Waals surface area contributed by atoms with E-state index in [4.69, 9.17) is 5.11 Å². The molecule has 1 rings (SSSR count). The Morgan fingerprint density at radius 1 is 1.44 bits per heavy atom. The Bertz CT molecular complexity index is 401. The molecule has 0 aliphatic carbocycles. The Morgan fingerprint density at radius 2 is 2.17 bits per heavy atom. The molecule has 0 atom stereocenters. The highest BCUT2D eigenvalue weighted by atomic mass is 32.1. The first-order valence-corrected chi connectivity index (χ1v) is 6.68. The summed E-state index contributed by atoms with van der Waals surface area (Å²) in [6.07, 6.45) is 3.20. The van der Waals surface area contributed by atoms with Crippen LogP contribution in [0.5, 0.6) is 0 Å². The number of carbonyl (C=O) groups is 2. The Labute approximate surface area is 110 Å². The van der Waals surface area contributed by atoms with Crippen molar-refractivity contribution in [3.05, 3.63) is 16.6 Å². The maximum Gasteiger partial charge on any atom is 0.303 e. The van der Waals surface area contributed by atoms with Gasteiger partial charge < -0.3 is 10.4 Å². The Morgan fingerprint density at radius 3 is 2.72 bits per heavy atom. The molecule has 0 saturated heterocycles. The van der Waals surface area contributed by atoms with Gasteiger partial charge in [0, 0.05) is 36.4 Å². The van der Waals surface area contributed by atoms with Crippen LogP contribution in [0.1, 0.15) is 38.1 Å². The van der Waals surface area contributed by atoms with Gasteiger partial charge in [0.25, 0.3) is 0 Å². The number of nitrogens with one attached hydrogen (secondary N) is 1. The monoisotopic (exact) mass is 270 g/mol. The number of carboxylic acids is 1. The molecule has 2 N–H and O–H groups in total. The number of aryl methyl sites for hydroxylation is 1. The zero-order chi connectivity index (χ0) is 13.6. The highest BCUT2D eigenvalue weighted by Crippen LogP contribution is 2.12. The van der Waals surface area contributed by atoms with Crippen molar-refractivity contribution >= 4 is 23.2 Å². The number of hydrogen-bond acceptors (Lipinski definition) is 4. The molecule has 0 aliphatic heterocycles. The summed E-state index contributed by atoms with van der Waals surface area (Å²) >= 11 is 1.53. The van der Waals surface area contributed by atoms with Crippen molar-refractivity contribution < 1.29 is 14.7 Å². The van der Waals surface area contributed by atoms with Crippen LogP contribution in [-0.2, 0) is 16.0 Å². The summed E-state index contributed by atoms with van der Waals surface area (Å²) in [5.41, 5.74) is -0.488. The quantitative estimate of drug-likeness (QED) is 0.792. The lowest BCUT2D eigenvalue weighted by molar-refractivity contribution is -0.137. The van der Waals surface area contributed by atoms with Crippen molar-refractivity contribution in [2.45, 2.75) is 45.1 Å². The van der Waals surface area contributed by atoms with Crippen molar-refractivity contribution in [1.29, 1.82) is 0 Å². The molecular formula is C12H18N2O3S. The van der Waals surface area contributed by atoms with E-state index in [-0.39, 0.29) is 12.3 Å². The van der Waals surface area contributed by atoms with Crippen LogP contribution in [0.15, 0.2) is 11.6 Å². The zero-order valence-corrected chi connectivity index (χ0v) is 11.4. The second-order valence-electron chi connectivity index (χ2n) is 4.75. The molecule has 18 heavy (non-hydrogen) atoms. The van der Waals surface area contributed by atoms with Gasteiger partial charge in [-0.1, -0.05) is 0 Å². The molecule has 0 unspecified atom stereocenters. The molecule has 100 valence electrons. The molecule has 0 spiro atoms. The number of carboxylic acid groups (broad SMARTS) is 1. The van der Waals surface area contributed by atoms with Crippen LogP contribution in [0, 0.1) is 0 Å². The van der Waals surface area contributed by atoms with Crippen LogP contribution < -0.4 is 5.32 Å². The average molecular weight is 270 g/mol. The van der Waals surface area contributed by atoms with E-state index in [2.05, 4.69) is 10.3 Å². The van der Waals surface area contributed by atoms with Crippen LogP contribution >= 0.6 is 11.3 Å². The van der Waals surface area contributed by atoms with Gasteiger partial charge in [-0.05, 0) is 20.3 Å². The second-order valence-corrected chi connectivity index (χ2v) is 5.73. The number of thiazole rings is 1. The molecule has 0 radical (unpaired) electrons. The molecule has 0 bridgehead atoms. The minimum atomic E-state index is -0.847. The van der Waals surface area contributed by atoms with E-state index in [1.165, 1.54) is 11.3 Å². The lowest BCUT2D eigenvalue weighted by Gasteiger charge is -2.25. The van der Waals surface area contributed by atoms with Gasteiger partial charge in [0.05, 0.1) is 5.01 Å². The number of amides is 1. The highest BCUT2D eigenvalue weighted by molar-refractivity contribution is 7.09. The SMILES string of the molecule is CC(C)(CCC(=O)O)NC(=O)CCc1nccs1. The van der Waals surface area contributed by atoms with Crippen molar-refractivity contribution in [3.63, 3.8) is 0 Å². The summed E-state index contributed by atoms with van der Waals surface area (Å²) in [4.78, 5) is 26.3. The Kier molecular flexibility index (Phi) is 5.27. The first kappa shape index (κ1) is 14.6. The van der Waals surface area contributed by atoms with Crippen molar-refractivity contribution in [1.82, 2.24) is 10.3 Å². The topological polar surface area (TPSA) is 79.3 Å². The van der Waals surface area contributed by atoms with Gasteiger partial charge in [-0.3, -0.25) is 9.59 Å². The van der Waals surface area contributed by atoms with E-state index < -0.39 is 11.5 Å². The molecule has 0 aromatic carbocycles. The number of carbonyl (C=O) groups excluding carboxylic acids is 1. The highest BCUT2D eigenvalue weighted by Gasteiger charge is 2.21. The van der Waals surface area contributed by atoms with Gasteiger partial charge in [0.1, 0.15) is 0 Å². The molecular weight excluding hydrogens is 252 g/mol. The van der Waals surface area contributed by atoms with Crippen LogP contribution in [-0.4, -0.2) is 27.5 Å². The molecule has 0 aliphatic rings. The van der Waals surface area contributed by atoms with Gasteiger partial charge in [0.2, 0.25) is 5.91 Å². The van der Waals surface area contributed by atoms with E-state index in [1.807, 2.05) is 19.2 Å². The molecule has 1 aromatic rings. The van der Waals surface area contributed by atoms with Crippen molar-refractivity contribution in [3.8, 4) is 0 Å². The maximum atomic E-state index is 11.7. The number of hydrogen-bond donors (Lipinski definition) is 2. The minimum absolute atomic E-state index is 0.0553. The van der Waals surface area contributed by atoms with Gasteiger partial charge in [-0.25, -0.2) is 4.98 Å². The predicted molar refractivity (Wildman–Crippen MR) is 69.5 cm³/mol. The Hall–Kier alpha value is -1.43. The third-order valence-electron chi connectivity index (χ3n) is 2.49. The zero-order valence-electron chi connectivity index (χ0n) is 10.6. The van der Waals surface area contributed by atoms with Crippen LogP contribution in [0.4, 0.5) is 0 Å². The van der Waals surface area contributed by atoms with Crippen molar-refractivity contribution in [2.75, 3.05) is 0 Å². The van der Waals surface area contributed by atoms with Crippen LogP contribution in [0.25, 0.3) is 0 Å². The summed E-state index contributed by atoms with van der Waals surface area (Å²) in [6, 6.07) is 0. The first-order valence-electron chi connectivity index (χ1n) is 5.80. The molecule has 0 fully saturated rings. The normalized spacial score (nSPS) is 11.2. The van der Waals surface area contributed by atoms with Crippen LogP contribution in [0.2, 0.25) is 0 Å². The lowest BCUT2D eigenvalue weighted by atomic mass is 9.98. The first-order chi connectivity index (χ1) is 8.39. The summed E-state index contributed by atoms with van der Waals surface area (Å²) in [5.74, 6) is -0.916. The second kappa shape index (κ2) is 6.49. The third kappa shape index (κ3) is 5.77. The third-order valence-corrected chi connectivity index (χ3v) is 3.33.